The molecule has 3 atom stereocenters. The van der Waals surface area contributed by atoms with Gasteiger partial charge in [0, 0.05) is 50.4 Å². The molecule has 1 unspecified atom stereocenters. The second-order valence-corrected chi connectivity index (χ2v) is 13.1. The molecule has 2 aromatic carbocycles. The summed E-state index contributed by atoms with van der Waals surface area (Å²) in [5.41, 5.74) is -0.794. The standard InChI is InChI=1S/C39H38F4N6O8/c1-6-55-22(3)56-23(4)57-37(52)29(46-35(50)33-21(2)16-25(18-28(33)40)48-14-15-54-20-32(48)39(41,42)43)17-24-9-10-30(34-26(24)8-7-12-45-34)49-36(51)27-11-13-44-19-31(27)47(5)38(49)53/h7-13,16,18-19,23,29,32H,3,6,14-15,17,20H2,1-2,4-5H3,(H,46,50)/t23?,29-,32+/m0/s1. The molecule has 1 N–H and O–H groups in total. The molecule has 1 aliphatic heterocycles. The van der Waals surface area contributed by atoms with Crippen molar-refractivity contribution < 1.29 is 46.1 Å². The molecule has 18 heteroatoms. The number of aryl methyl sites for hydroxylation is 2. The lowest BCUT2D eigenvalue weighted by molar-refractivity contribution is -0.178. The monoisotopic (exact) mass is 794 g/mol. The lowest BCUT2D eigenvalue weighted by Gasteiger charge is -2.38. The van der Waals surface area contributed by atoms with E-state index in [1.807, 2.05) is 0 Å². The van der Waals surface area contributed by atoms with Crippen LogP contribution in [0.3, 0.4) is 0 Å². The van der Waals surface area contributed by atoms with Crippen molar-refractivity contribution in [1.29, 1.82) is 0 Å². The first kappa shape index (κ1) is 40.4. The number of rotatable bonds is 12. The van der Waals surface area contributed by atoms with E-state index < -0.39 is 65.7 Å². The molecule has 14 nitrogen and oxygen atoms in total. The van der Waals surface area contributed by atoms with Crippen molar-refractivity contribution >= 4 is 39.4 Å². The third-order valence-corrected chi connectivity index (χ3v) is 9.39. The van der Waals surface area contributed by atoms with Gasteiger partial charge in [0.25, 0.3) is 17.4 Å². The van der Waals surface area contributed by atoms with Crippen LogP contribution in [0.2, 0.25) is 0 Å². The molecule has 0 saturated carbocycles. The summed E-state index contributed by atoms with van der Waals surface area (Å²) in [6.07, 6.45) is -1.90. The van der Waals surface area contributed by atoms with E-state index in [2.05, 4.69) is 21.9 Å². The molecular weight excluding hydrogens is 756 g/mol. The fraction of sp³-hybridized carbons (Fsp3) is 0.333. The third-order valence-electron chi connectivity index (χ3n) is 9.39. The maximum absolute atomic E-state index is 15.8. The molecule has 0 aliphatic carbocycles. The Morgan fingerprint density at radius 2 is 1.88 bits per heavy atom. The summed E-state index contributed by atoms with van der Waals surface area (Å²) in [5.74, 6) is -3.32. The lowest BCUT2D eigenvalue weighted by Crippen LogP contribution is -2.53. The summed E-state index contributed by atoms with van der Waals surface area (Å²) in [6.45, 7) is 7.42. The number of hydrogen-bond acceptors (Lipinski definition) is 11. The Morgan fingerprint density at radius 3 is 2.60 bits per heavy atom. The van der Waals surface area contributed by atoms with Gasteiger partial charge in [0.1, 0.15) is 17.9 Å². The number of alkyl halides is 3. The Labute approximate surface area is 322 Å². The van der Waals surface area contributed by atoms with E-state index in [1.165, 1.54) is 62.3 Å². The summed E-state index contributed by atoms with van der Waals surface area (Å²) in [7, 11) is 1.50. The predicted molar refractivity (Wildman–Crippen MR) is 199 cm³/mol. The average molecular weight is 795 g/mol. The molecule has 3 aromatic heterocycles. The number of carbonyl (C=O) groups is 2. The molecule has 1 fully saturated rings. The molecule has 57 heavy (non-hydrogen) atoms. The van der Waals surface area contributed by atoms with Crippen molar-refractivity contribution in [2.45, 2.75) is 51.7 Å². The van der Waals surface area contributed by atoms with E-state index in [1.54, 1.807) is 25.1 Å². The third kappa shape index (κ3) is 8.30. The van der Waals surface area contributed by atoms with Gasteiger partial charge in [0.15, 0.2) is 0 Å². The smallest absolute Gasteiger partial charge is 0.411 e. The number of ether oxygens (including phenoxy) is 4. The number of esters is 1. The number of benzene rings is 2. The highest BCUT2D eigenvalue weighted by atomic mass is 19.4. The lowest BCUT2D eigenvalue weighted by atomic mass is 9.99. The van der Waals surface area contributed by atoms with Gasteiger partial charge in [-0.2, -0.15) is 13.2 Å². The molecule has 0 spiro atoms. The second kappa shape index (κ2) is 16.4. The van der Waals surface area contributed by atoms with Crippen LogP contribution in [0.1, 0.15) is 35.3 Å². The SMILES string of the molecule is C=C(OCC)OC(C)OC(=O)[C@H](Cc1ccc(-n2c(=O)c3ccncc3n(C)c2=O)c2ncccc12)NC(=O)c1c(C)cc(N2CCOC[C@@H]2C(F)(F)F)cc1F. The van der Waals surface area contributed by atoms with Gasteiger partial charge in [-0.1, -0.05) is 12.1 Å². The van der Waals surface area contributed by atoms with Gasteiger partial charge in [-0.25, -0.2) is 18.5 Å². The number of nitrogens with zero attached hydrogens (tertiary/aromatic N) is 5. The highest BCUT2D eigenvalue weighted by Crippen LogP contribution is 2.33. The Morgan fingerprint density at radius 1 is 1.11 bits per heavy atom. The Kier molecular flexibility index (Phi) is 11.6. The summed E-state index contributed by atoms with van der Waals surface area (Å²) in [6, 6.07) is 6.31. The van der Waals surface area contributed by atoms with Crippen LogP contribution in [0.15, 0.2) is 83.2 Å². The maximum atomic E-state index is 15.8. The van der Waals surface area contributed by atoms with Crippen molar-refractivity contribution in [1.82, 2.24) is 24.4 Å². The molecule has 0 radical (unpaired) electrons. The van der Waals surface area contributed by atoms with Crippen LogP contribution >= 0.6 is 0 Å². The quantitative estimate of drug-likeness (QED) is 0.0816. The number of amides is 1. The zero-order chi connectivity index (χ0) is 41.2. The predicted octanol–water partition coefficient (Wildman–Crippen LogP) is 4.60. The second-order valence-electron chi connectivity index (χ2n) is 13.1. The van der Waals surface area contributed by atoms with Crippen LogP contribution in [0.4, 0.5) is 23.2 Å². The van der Waals surface area contributed by atoms with Crippen LogP contribution in [-0.2, 0) is 37.2 Å². The fourth-order valence-electron chi connectivity index (χ4n) is 6.74. The molecule has 1 saturated heterocycles. The van der Waals surface area contributed by atoms with Crippen molar-refractivity contribution in [2.75, 3.05) is 31.3 Å². The first-order valence-electron chi connectivity index (χ1n) is 17.7. The van der Waals surface area contributed by atoms with E-state index >= 15 is 4.39 Å². The van der Waals surface area contributed by atoms with Crippen molar-refractivity contribution in [3.63, 3.8) is 0 Å². The van der Waals surface area contributed by atoms with Gasteiger partial charge in [0.05, 0.1) is 53.7 Å². The number of carbonyl (C=O) groups excluding carboxylic acids is 2. The Bertz CT molecular complexity index is 2460. The molecule has 1 amide bonds. The minimum absolute atomic E-state index is 0.00365. The van der Waals surface area contributed by atoms with Crippen LogP contribution in [0.25, 0.3) is 27.5 Å². The first-order valence-corrected chi connectivity index (χ1v) is 17.7. The van der Waals surface area contributed by atoms with E-state index in [0.717, 1.165) is 15.5 Å². The fourth-order valence-corrected chi connectivity index (χ4v) is 6.74. The van der Waals surface area contributed by atoms with Gasteiger partial charge in [-0.05, 0) is 61.9 Å². The van der Waals surface area contributed by atoms with Crippen LogP contribution in [0, 0.1) is 12.7 Å². The minimum atomic E-state index is -4.67. The zero-order valence-corrected chi connectivity index (χ0v) is 31.3. The van der Waals surface area contributed by atoms with E-state index in [0.29, 0.717) is 16.5 Å². The number of fused-ring (bicyclic) bond motifs is 2. The average Bonchev–Trinajstić information content (AvgIpc) is 3.16. The summed E-state index contributed by atoms with van der Waals surface area (Å²) in [4.78, 5) is 64.3. The van der Waals surface area contributed by atoms with Gasteiger partial charge >= 0.3 is 17.8 Å². The number of morpholine rings is 1. The summed E-state index contributed by atoms with van der Waals surface area (Å²) in [5, 5.41) is 3.16. The largest absolute Gasteiger partial charge is 0.466 e. The van der Waals surface area contributed by atoms with Crippen molar-refractivity contribution in [3.8, 4) is 5.69 Å². The van der Waals surface area contributed by atoms with E-state index in [4.69, 9.17) is 18.9 Å². The van der Waals surface area contributed by atoms with Crippen LogP contribution < -0.4 is 21.5 Å². The molecule has 5 aromatic rings. The summed E-state index contributed by atoms with van der Waals surface area (Å²) >= 11 is 0. The number of nitrogens with one attached hydrogen (secondary N) is 1. The van der Waals surface area contributed by atoms with Gasteiger partial charge in [-0.15, -0.1) is 0 Å². The molecule has 4 heterocycles. The van der Waals surface area contributed by atoms with Crippen molar-refractivity contribution in [2.24, 2.45) is 7.05 Å². The van der Waals surface area contributed by atoms with E-state index in [9.17, 15) is 32.3 Å². The molecular formula is C39H38F4N6O8. The topological polar surface area (TPSA) is 156 Å². The van der Waals surface area contributed by atoms with E-state index in [-0.39, 0.29) is 60.0 Å². The molecule has 0 bridgehead atoms. The number of pyridine rings is 2. The summed E-state index contributed by atoms with van der Waals surface area (Å²) < 4.78 is 80.6. The number of aromatic nitrogens is 4. The van der Waals surface area contributed by atoms with Crippen LogP contribution in [-0.4, -0.2) is 81.9 Å². The first-order chi connectivity index (χ1) is 27.1. The van der Waals surface area contributed by atoms with Gasteiger partial charge in [0.2, 0.25) is 6.29 Å². The normalized spacial score (nSPS) is 15.6. The molecule has 1 aliphatic rings. The zero-order valence-electron chi connectivity index (χ0n) is 31.3. The number of anilines is 1. The van der Waals surface area contributed by atoms with Crippen molar-refractivity contribution in [3.05, 3.63) is 117 Å². The van der Waals surface area contributed by atoms with Crippen LogP contribution in [0.5, 0.6) is 0 Å². The molecule has 6 rings (SSSR count). The Balaban J connectivity index is 1.37. The molecule has 300 valence electrons. The highest BCUT2D eigenvalue weighted by molar-refractivity contribution is 5.99. The van der Waals surface area contributed by atoms with Gasteiger partial charge < -0.3 is 29.2 Å². The van der Waals surface area contributed by atoms with Gasteiger partial charge in [-0.3, -0.25) is 24.1 Å². The Hall–Kier alpha value is -6.30. The number of halogens is 4. The minimum Gasteiger partial charge on any atom is -0.466 e. The highest BCUT2D eigenvalue weighted by Gasteiger charge is 2.45. The number of hydrogen-bond donors (Lipinski definition) is 1. The maximum Gasteiger partial charge on any atom is 0.411 e.